The zero-order chi connectivity index (χ0) is 18.8. The van der Waals surface area contributed by atoms with E-state index in [2.05, 4.69) is 61.8 Å². The molecule has 0 unspecified atom stereocenters. The maximum Gasteiger partial charge on any atom is 0.150 e. The summed E-state index contributed by atoms with van der Waals surface area (Å²) in [5.41, 5.74) is 8.45. The fourth-order valence-corrected chi connectivity index (χ4v) is 3.88. The summed E-state index contributed by atoms with van der Waals surface area (Å²) in [6.45, 7) is 15.0. The summed E-state index contributed by atoms with van der Waals surface area (Å²) in [6.07, 6.45) is 0.954. The fourth-order valence-electron chi connectivity index (χ4n) is 3.88. The van der Waals surface area contributed by atoms with Crippen molar-refractivity contribution in [2.75, 3.05) is 31.1 Å². The Bertz CT molecular complexity index is 804. The number of piperazine rings is 1. The molecule has 3 heteroatoms. The van der Waals surface area contributed by atoms with Gasteiger partial charge < -0.3 is 4.90 Å². The highest BCUT2D eigenvalue weighted by Gasteiger charge is 2.23. The second-order valence-electron chi connectivity index (χ2n) is 7.66. The highest BCUT2D eigenvalue weighted by atomic mass is 16.1. The Labute approximate surface area is 157 Å². The van der Waals surface area contributed by atoms with Gasteiger partial charge in [-0.2, -0.15) is 0 Å². The molecule has 3 rings (SSSR count). The molecule has 1 fully saturated rings. The van der Waals surface area contributed by atoms with Crippen LogP contribution in [0.1, 0.15) is 51.1 Å². The molecule has 0 spiro atoms. The standard InChI is InChI=1S/C23H30N2O/c1-16-6-7-21(12-17(16)2)20(5)24-8-10-25(11-9-24)23-14-18(3)22(15-26)13-19(23)4/h6-7,12-15,20H,8-11H2,1-5H3/t20-/m1/s1. The molecule has 1 atom stereocenters. The second kappa shape index (κ2) is 7.63. The van der Waals surface area contributed by atoms with Gasteiger partial charge in [0.1, 0.15) is 6.29 Å². The molecule has 0 amide bonds. The van der Waals surface area contributed by atoms with Gasteiger partial charge in [-0.1, -0.05) is 18.2 Å². The molecule has 0 aromatic heterocycles. The zero-order valence-electron chi connectivity index (χ0n) is 16.7. The van der Waals surface area contributed by atoms with Crippen molar-refractivity contribution in [3.05, 3.63) is 63.7 Å². The van der Waals surface area contributed by atoms with E-state index in [1.165, 1.54) is 27.9 Å². The first-order valence-electron chi connectivity index (χ1n) is 9.53. The number of nitrogens with zero attached hydrogens (tertiary/aromatic N) is 2. The van der Waals surface area contributed by atoms with Gasteiger partial charge in [0.2, 0.25) is 0 Å². The number of aldehydes is 1. The lowest BCUT2D eigenvalue weighted by atomic mass is 10.00. The maximum absolute atomic E-state index is 11.1. The van der Waals surface area contributed by atoms with Crippen LogP contribution < -0.4 is 4.90 Å². The number of rotatable bonds is 4. The average Bonchev–Trinajstić information content (AvgIpc) is 2.65. The second-order valence-corrected chi connectivity index (χ2v) is 7.66. The molecule has 0 N–H and O–H groups in total. The van der Waals surface area contributed by atoms with Crippen molar-refractivity contribution in [1.29, 1.82) is 0 Å². The van der Waals surface area contributed by atoms with Crippen molar-refractivity contribution in [1.82, 2.24) is 4.90 Å². The van der Waals surface area contributed by atoms with E-state index >= 15 is 0 Å². The summed E-state index contributed by atoms with van der Waals surface area (Å²) < 4.78 is 0. The first kappa shape index (κ1) is 18.7. The van der Waals surface area contributed by atoms with Crippen molar-refractivity contribution in [2.24, 2.45) is 0 Å². The minimum Gasteiger partial charge on any atom is -0.369 e. The molecule has 3 nitrogen and oxygen atoms in total. The first-order valence-corrected chi connectivity index (χ1v) is 9.53. The van der Waals surface area contributed by atoms with Crippen LogP contribution in [0, 0.1) is 27.7 Å². The van der Waals surface area contributed by atoms with Crippen molar-refractivity contribution in [3.63, 3.8) is 0 Å². The van der Waals surface area contributed by atoms with Crippen LogP contribution in [0.3, 0.4) is 0 Å². The number of anilines is 1. The Balaban J connectivity index is 1.70. The van der Waals surface area contributed by atoms with E-state index in [1.54, 1.807) is 0 Å². The number of benzene rings is 2. The lowest BCUT2D eigenvalue weighted by molar-refractivity contribution is 0.112. The van der Waals surface area contributed by atoms with Gasteiger partial charge in [0.15, 0.2) is 0 Å². The van der Waals surface area contributed by atoms with Gasteiger partial charge in [0.25, 0.3) is 0 Å². The van der Waals surface area contributed by atoms with Gasteiger partial charge in [-0.3, -0.25) is 9.69 Å². The van der Waals surface area contributed by atoms with Gasteiger partial charge in [0.05, 0.1) is 0 Å². The molecule has 0 aliphatic carbocycles. The molecule has 26 heavy (non-hydrogen) atoms. The predicted octanol–water partition coefficient (Wildman–Crippen LogP) is 4.62. The third kappa shape index (κ3) is 3.68. The smallest absolute Gasteiger partial charge is 0.150 e. The summed E-state index contributed by atoms with van der Waals surface area (Å²) in [6, 6.07) is 11.5. The molecular formula is C23H30N2O. The number of carbonyl (C=O) groups is 1. The molecule has 1 saturated heterocycles. The summed E-state index contributed by atoms with van der Waals surface area (Å²) in [7, 11) is 0. The van der Waals surface area contributed by atoms with Crippen LogP contribution >= 0.6 is 0 Å². The highest BCUT2D eigenvalue weighted by Crippen LogP contribution is 2.28. The minimum absolute atomic E-state index is 0.441. The van der Waals surface area contributed by atoms with Crippen LogP contribution in [0.15, 0.2) is 30.3 Å². The van der Waals surface area contributed by atoms with Gasteiger partial charge in [0, 0.05) is 43.5 Å². The third-order valence-electron chi connectivity index (χ3n) is 5.93. The van der Waals surface area contributed by atoms with Crippen LogP contribution in [0.4, 0.5) is 5.69 Å². The van der Waals surface area contributed by atoms with Gasteiger partial charge >= 0.3 is 0 Å². The van der Waals surface area contributed by atoms with Crippen LogP contribution in [-0.2, 0) is 0 Å². The van der Waals surface area contributed by atoms with E-state index in [1.807, 2.05) is 13.0 Å². The van der Waals surface area contributed by atoms with Gasteiger partial charge in [-0.05, 0) is 74.6 Å². The summed E-state index contributed by atoms with van der Waals surface area (Å²) >= 11 is 0. The van der Waals surface area contributed by atoms with E-state index < -0.39 is 0 Å². The first-order chi connectivity index (χ1) is 12.4. The Morgan fingerprint density at radius 1 is 0.846 bits per heavy atom. The van der Waals surface area contributed by atoms with Crippen LogP contribution in [0.2, 0.25) is 0 Å². The molecular weight excluding hydrogens is 320 g/mol. The topological polar surface area (TPSA) is 23.6 Å². The van der Waals surface area contributed by atoms with E-state index in [-0.39, 0.29) is 0 Å². The largest absolute Gasteiger partial charge is 0.369 e. The predicted molar refractivity (Wildman–Crippen MR) is 109 cm³/mol. The number of carbonyl (C=O) groups excluding carboxylic acids is 1. The monoisotopic (exact) mass is 350 g/mol. The molecule has 2 aromatic carbocycles. The summed E-state index contributed by atoms with van der Waals surface area (Å²) in [5.74, 6) is 0. The summed E-state index contributed by atoms with van der Waals surface area (Å²) in [4.78, 5) is 16.2. The van der Waals surface area contributed by atoms with Crippen molar-refractivity contribution in [3.8, 4) is 0 Å². The van der Waals surface area contributed by atoms with Crippen LogP contribution in [0.25, 0.3) is 0 Å². The number of hydrogen-bond acceptors (Lipinski definition) is 3. The lowest BCUT2D eigenvalue weighted by Crippen LogP contribution is -2.47. The SMILES string of the molecule is Cc1ccc([C@@H](C)N2CCN(c3cc(C)c(C=O)cc3C)CC2)cc1C. The van der Waals surface area contributed by atoms with E-state index in [9.17, 15) is 4.79 Å². The number of hydrogen-bond donors (Lipinski definition) is 0. The Morgan fingerprint density at radius 3 is 2.15 bits per heavy atom. The highest BCUT2D eigenvalue weighted by molar-refractivity contribution is 5.79. The molecule has 1 heterocycles. The molecule has 0 radical (unpaired) electrons. The Morgan fingerprint density at radius 2 is 1.54 bits per heavy atom. The maximum atomic E-state index is 11.1. The summed E-state index contributed by atoms with van der Waals surface area (Å²) in [5, 5.41) is 0. The molecule has 1 aliphatic rings. The minimum atomic E-state index is 0.441. The molecule has 0 bridgehead atoms. The van der Waals surface area contributed by atoms with Crippen molar-refractivity contribution >= 4 is 12.0 Å². The Kier molecular flexibility index (Phi) is 5.47. The van der Waals surface area contributed by atoms with Gasteiger partial charge in [-0.25, -0.2) is 0 Å². The normalized spacial score (nSPS) is 16.6. The van der Waals surface area contributed by atoms with Crippen LogP contribution in [-0.4, -0.2) is 37.4 Å². The zero-order valence-corrected chi connectivity index (χ0v) is 16.7. The molecule has 0 saturated carbocycles. The van der Waals surface area contributed by atoms with Crippen LogP contribution in [0.5, 0.6) is 0 Å². The molecule has 1 aliphatic heterocycles. The quantitative estimate of drug-likeness (QED) is 0.752. The number of aryl methyl sites for hydroxylation is 4. The van der Waals surface area contributed by atoms with Gasteiger partial charge in [-0.15, -0.1) is 0 Å². The van der Waals surface area contributed by atoms with Crippen molar-refractivity contribution < 1.29 is 4.79 Å². The molecule has 2 aromatic rings. The van der Waals surface area contributed by atoms with Crippen molar-refractivity contribution in [2.45, 2.75) is 40.7 Å². The fraction of sp³-hybridized carbons (Fsp3) is 0.435. The third-order valence-corrected chi connectivity index (χ3v) is 5.93. The lowest BCUT2D eigenvalue weighted by Gasteiger charge is -2.40. The van der Waals surface area contributed by atoms with E-state index in [0.29, 0.717) is 6.04 Å². The molecule has 138 valence electrons. The van der Waals surface area contributed by atoms with E-state index in [0.717, 1.165) is 43.6 Å². The van der Waals surface area contributed by atoms with E-state index in [4.69, 9.17) is 0 Å². The Hall–Kier alpha value is -2.13. The average molecular weight is 351 g/mol.